The van der Waals surface area contributed by atoms with Crippen molar-refractivity contribution >= 4 is 17.3 Å². The molecular weight excluding hydrogens is 269 g/mol. The predicted molar refractivity (Wildman–Crippen MR) is 86.0 cm³/mol. The van der Waals surface area contributed by atoms with Gasteiger partial charge in [-0.15, -0.1) is 0 Å². The van der Waals surface area contributed by atoms with E-state index in [1.807, 2.05) is 32.7 Å². The zero-order valence-corrected chi connectivity index (χ0v) is 13.3. The number of carbonyl (C=O) groups excluding carboxylic acids is 1. The molecule has 0 bridgehead atoms. The minimum absolute atomic E-state index is 0.149. The van der Waals surface area contributed by atoms with Crippen LogP contribution in [0, 0.1) is 11.7 Å². The summed E-state index contributed by atoms with van der Waals surface area (Å²) in [7, 11) is 1.84. The highest BCUT2D eigenvalue weighted by atomic mass is 19.1. The second-order valence-electron chi connectivity index (χ2n) is 5.58. The summed E-state index contributed by atoms with van der Waals surface area (Å²) in [5, 5.41) is 2.74. The van der Waals surface area contributed by atoms with E-state index in [-0.39, 0.29) is 23.7 Å². The van der Waals surface area contributed by atoms with E-state index in [1.54, 1.807) is 12.1 Å². The molecule has 4 nitrogen and oxygen atoms in total. The van der Waals surface area contributed by atoms with E-state index in [9.17, 15) is 9.18 Å². The molecule has 0 fully saturated rings. The number of nitrogens with zero attached hydrogens (tertiary/aromatic N) is 1. The Bertz CT molecular complexity index is 477. The molecule has 0 aromatic heterocycles. The van der Waals surface area contributed by atoms with E-state index in [0.717, 1.165) is 12.8 Å². The maximum atomic E-state index is 14.1. The van der Waals surface area contributed by atoms with Crippen molar-refractivity contribution in [2.75, 3.05) is 23.8 Å². The second-order valence-corrected chi connectivity index (χ2v) is 5.58. The highest BCUT2D eigenvalue weighted by Crippen LogP contribution is 2.23. The minimum Gasteiger partial charge on any atom is -0.370 e. The number of halogens is 1. The molecule has 0 spiro atoms. The van der Waals surface area contributed by atoms with Gasteiger partial charge in [0.1, 0.15) is 5.82 Å². The fraction of sp³-hybridized carbons (Fsp3) is 0.562. The van der Waals surface area contributed by atoms with Gasteiger partial charge in [-0.25, -0.2) is 4.39 Å². The Labute approximate surface area is 126 Å². The predicted octanol–water partition coefficient (Wildman–Crippen LogP) is 2.98. The van der Waals surface area contributed by atoms with E-state index >= 15 is 0 Å². The van der Waals surface area contributed by atoms with Crippen LogP contribution in [0.3, 0.4) is 0 Å². The van der Waals surface area contributed by atoms with Gasteiger partial charge in [-0.2, -0.15) is 0 Å². The smallest absolute Gasteiger partial charge is 0.228 e. The summed E-state index contributed by atoms with van der Waals surface area (Å²) >= 11 is 0. The first-order valence-corrected chi connectivity index (χ1v) is 7.44. The average molecular weight is 295 g/mol. The fourth-order valence-corrected chi connectivity index (χ4v) is 2.10. The number of hydrogen-bond acceptors (Lipinski definition) is 3. The molecule has 1 unspecified atom stereocenters. The van der Waals surface area contributed by atoms with E-state index in [2.05, 4.69) is 5.32 Å². The zero-order valence-electron chi connectivity index (χ0n) is 13.3. The van der Waals surface area contributed by atoms with Crippen LogP contribution in [-0.4, -0.2) is 25.5 Å². The summed E-state index contributed by atoms with van der Waals surface area (Å²) in [5.41, 5.74) is 6.58. The van der Waals surface area contributed by atoms with E-state index in [4.69, 9.17) is 5.73 Å². The van der Waals surface area contributed by atoms with Crippen molar-refractivity contribution in [3.63, 3.8) is 0 Å². The molecule has 0 aliphatic carbocycles. The minimum atomic E-state index is -0.344. The van der Waals surface area contributed by atoms with E-state index in [1.165, 1.54) is 6.07 Å². The molecule has 0 aliphatic rings. The maximum absolute atomic E-state index is 14.1. The lowest BCUT2D eigenvalue weighted by atomic mass is 10.0. The number of nitrogens with one attached hydrogen (secondary N) is 1. The number of hydrogen-bond donors (Lipinski definition) is 2. The number of anilines is 2. The molecule has 3 N–H and O–H groups in total. The Morgan fingerprint density at radius 1 is 1.43 bits per heavy atom. The topological polar surface area (TPSA) is 58.4 Å². The molecule has 0 aliphatic heterocycles. The lowest BCUT2D eigenvalue weighted by Crippen LogP contribution is -2.29. The molecular formula is C16H26FN3O. The molecule has 1 aromatic rings. The molecule has 1 rings (SSSR count). The fourth-order valence-electron chi connectivity index (χ4n) is 2.10. The van der Waals surface area contributed by atoms with E-state index in [0.29, 0.717) is 17.9 Å². The monoisotopic (exact) mass is 295 g/mol. The molecule has 1 aromatic carbocycles. The zero-order chi connectivity index (χ0) is 16.0. The number of rotatable bonds is 7. The van der Waals surface area contributed by atoms with Crippen molar-refractivity contribution in [1.29, 1.82) is 0 Å². The van der Waals surface area contributed by atoms with Gasteiger partial charge < -0.3 is 16.0 Å². The Morgan fingerprint density at radius 2 is 2.10 bits per heavy atom. The highest BCUT2D eigenvalue weighted by Gasteiger charge is 2.17. The summed E-state index contributed by atoms with van der Waals surface area (Å²) < 4.78 is 14.1. The first-order chi connectivity index (χ1) is 9.90. The van der Waals surface area contributed by atoms with Gasteiger partial charge in [-0.1, -0.05) is 13.3 Å². The van der Waals surface area contributed by atoms with Gasteiger partial charge in [-0.3, -0.25) is 4.79 Å². The number of benzene rings is 1. The molecule has 5 heteroatoms. The second kappa shape index (κ2) is 7.98. The lowest BCUT2D eigenvalue weighted by molar-refractivity contribution is -0.119. The van der Waals surface area contributed by atoms with Crippen molar-refractivity contribution in [3.8, 4) is 0 Å². The number of amides is 1. The molecule has 1 atom stereocenters. The Kier molecular flexibility index (Phi) is 6.62. The van der Waals surface area contributed by atoms with Crippen LogP contribution in [0.25, 0.3) is 0 Å². The van der Waals surface area contributed by atoms with Gasteiger partial charge in [0.25, 0.3) is 0 Å². The van der Waals surface area contributed by atoms with Crippen LogP contribution >= 0.6 is 0 Å². The summed E-state index contributed by atoms with van der Waals surface area (Å²) in [6, 6.07) is 4.95. The Morgan fingerprint density at radius 3 is 2.57 bits per heavy atom. The van der Waals surface area contributed by atoms with Crippen LogP contribution in [0.5, 0.6) is 0 Å². The molecule has 0 heterocycles. The molecule has 0 radical (unpaired) electrons. The van der Waals surface area contributed by atoms with Crippen molar-refractivity contribution in [2.45, 2.75) is 39.7 Å². The third-order valence-corrected chi connectivity index (χ3v) is 3.66. The quantitative estimate of drug-likeness (QED) is 0.813. The summed E-state index contributed by atoms with van der Waals surface area (Å²) in [6.45, 7) is 6.29. The number of carbonyl (C=O) groups is 1. The summed E-state index contributed by atoms with van der Waals surface area (Å²) in [4.78, 5) is 13.9. The van der Waals surface area contributed by atoms with Crippen LogP contribution in [0.1, 0.15) is 33.6 Å². The molecule has 1 amide bonds. The Balaban J connectivity index is 2.82. The normalized spacial score (nSPS) is 12.3. The van der Waals surface area contributed by atoms with Gasteiger partial charge in [0.05, 0.1) is 11.6 Å². The molecule has 21 heavy (non-hydrogen) atoms. The molecule has 0 saturated carbocycles. The van der Waals surface area contributed by atoms with E-state index < -0.39 is 0 Å². The van der Waals surface area contributed by atoms with Crippen LogP contribution in [0.4, 0.5) is 15.8 Å². The summed E-state index contributed by atoms with van der Waals surface area (Å²) in [6.07, 6.45) is 1.63. The first-order valence-electron chi connectivity index (χ1n) is 7.44. The van der Waals surface area contributed by atoms with Crippen molar-refractivity contribution < 1.29 is 9.18 Å². The SMILES string of the molecule is CCCC(CN)C(=O)Nc1ccc(N(C)C(C)C)c(F)c1. The van der Waals surface area contributed by atoms with Crippen LogP contribution < -0.4 is 16.0 Å². The van der Waals surface area contributed by atoms with Crippen LogP contribution in [0.15, 0.2) is 18.2 Å². The van der Waals surface area contributed by atoms with Crippen LogP contribution in [-0.2, 0) is 4.79 Å². The average Bonchev–Trinajstić information content (AvgIpc) is 2.43. The largest absolute Gasteiger partial charge is 0.370 e. The third-order valence-electron chi connectivity index (χ3n) is 3.66. The lowest BCUT2D eigenvalue weighted by Gasteiger charge is -2.24. The van der Waals surface area contributed by atoms with Crippen molar-refractivity contribution in [3.05, 3.63) is 24.0 Å². The van der Waals surface area contributed by atoms with Crippen molar-refractivity contribution in [1.82, 2.24) is 0 Å². The van der Waals surface area contributed by atoms with Gasteiger partial charge in [-0.05, 0) is 38.5 Å². The molecule has 0 saturated heterocycles. The van der Waals surface area contributed by atoms with Crippen molar-refractivity contribution in [2.24, 2.45) is 11.7 Å². The highest BCUT2D eigenvalue weighted by molar-refractivity contribution is 5.92. The van der Waals surface area contributed by atoms with Gasteiger partial charge in [0.2, 0.25) is 5.91 Å². The Hall–Kier alpha value is -1.62. The van der Waals surface area contributed by atoms with Crippen LogP contribution in [0.2, 0.25) is 0 Å². The molecule has 118 valence electrons. The van der Waals surface area contributed by atoms with Gasteiger partial charge >= 0.3 is 0 Å². The standard InChI is InChI=1S/C16H26FN3O/c1-5-6-12(10-18)16(21)19-13-7-8-15(14(17)9-13)20(4)11(2)3/h7-9,11-12H,5-6,10,18H2,1-4H3,(H,19,21). The number of nitrogens with two attached hydrogens (primary N) is 1. The van der Waals surface area contributed by atoms with Gasteiger partial charge in [0.15, 0.2) is 0 Å². The maximum Gasteiger partial charge on any atom is 0.228 e. The summed E-state index contributed by atoms with van der Waals surface area (Å²) in [5.74, 6) is -0.719. The first kappa shape index (κ1) is 17.4. The third kappa shape index (κ3) is 4.70. The van der Waals surface area contributed by atoms with Gasteiger partial charge in [0, 0.05) is 25.3 Å².